The van der Waals surface area contributed by atoms with E-state index in [0.717, 1.165) is 47.4 Å². The van der Waals surface area contributed by atoms with Crippen LogP contribution in [0.5, 0.6) is 5.75 Å². The molecule has 10 heteroatoms. The number of phenols is 1. The number of H-pyrrole nitrogens is 2. The lowest BCUT2D eigenvalue weighted by molar-refractivity contribution is 0.469. The topological polar surface area (TPSA) is 128 Å². The molecule has 0 bridgehead atoms. The van der Waals surface area contributed by atoms with Gasteiger partial charge in [0, 0.05) is 42.3 Å². The number of aromatic hydroxyl groups is 1. The monoisotopic (exact) mass is 534 g/mol. The highest BCUT2D eigenvalue weighted by Crippen LogP contribution is 2.32. The molecule has 4 N–H and O–H groups in total. The molecule has 0 amide bonds. The quantitative estimate of drug-likeness (QED) is 0.205. The number of rotatable bonds is 7. The third-order valence-electron chi connectivity index (χ3n) is 7.52. The fraction of sp³-hybridized carbons (Fsp3) is 0.233. The van der Waals surface area contributed by atoms with Gasteiger partial charge in [-0.15, -0.1) is 0 Å². The highest BCUT2D eigenvalue weighted by atomic mass is 19.1. The van der Waals surface area contributed by atoms with Crippen LogP contribution in [-0.2, 0) is 6.54 Å². The van der Waals surface area contributed by atoms with Gasteiger partial charge in [0.25, 0.3) is 0 Å². The second kappa shape index (κ2) is 10.1. The van der Waals surface area contributed by atoms with Gasteiger partial charge in [-0.2, -0.15) is 5.10 Å². The van der Waals surface area contributed by atoms with E-state index in [2.05, 4.69) is 36.5 Å². The number of halogens is 1. The lowest BCUT2D eigenvalue weighted by Gasteiger charge is -2.11. The maximum Gasteiger partial charge on any atom is 0.161 e. The van der Waals surface area contributed by atoms with E-state index in [1.165, 1.54) is 37.8 Å². The summed E-state index contributed by atoms with van der Waals surface area (Å²) in [4.78, 5) is 21.9. The van der Waals surface area contributed by atoms with Crippen LogP contribution in [0, 0.1) is 11.7 Å². The van der Waals surface area contributed by atoms with E-state index in [1.54, 1.807) is 12.3 Å². The number of fused-ring (bicyclic) bond motifs is 2. The van der Waals surface area contributed by atoms with Gasteiger partial charge in [0.05, 0.1) is 22.4 Å². The number of aromatic amines is 2. The van der Waals surface area contributed by atoms with E-state index in [1.807, 2.05) is 24.5 Å². The highest BCUT2D eigenvalue weighted by Gasteiger charge is 2.18. The molecular weight excluding hydrogens is 507 g/mol. The van der Waals surface area contributed by atoms with Crippen molar-refractivity contribution in [1.82, 2.24) is 40.4 Å². The normalized spacial score (nSPS) is 14.0. The molecule has 7 rings (SSSR count). The number of aromatic nitrogens is 7. The van der Waals surface area contributed by atoms with Crippen LogP contribution in [0.4, 0.5) is 4.39 Å². The molecular formula is C30H27FN8O. The molecule has 1 aliphatic carbocycles. The molecule has 0 unspecified atom stereocenters. The van der Waals surface area contributed by atoms with Crippen molar-refractivity contribution in [3.8, 4) is 39.8 Å². The first-order valence-electron chi connectivity index (χ1n) is 13.5. The van der Waals surface area contributed by atoms with Crippen molar-refractivity contribution in [2.45, 2.75) is 32.2 Å². The lowest BCUT2D eigenvalue weighted by Crippen LogP contribution is -2.20. The maximum absolute atomic E-state index is 14.0. The first-order chi connectivity index (χ1) is 19.6. The summed E-state index contributed by atoms with van der Waals surface area (Å²) in [5, 5.41) is 21.0. The minimum Gasteiger partial charge on any atom is -0.508 e. The van der Waals surface area contributed by atoms with Crippen LogP contribution in [0.1, 0.15) is 31.2 Å². The largest absolute Gasteiger partial charge is 0.508 e. The summed E-state index contributed by atoms with van der Waals surface area (Å²) in [5.41, 5.74) is 6.95. The van der Waals surface area contributed by atoms with Gasteiger partial charge in [0.15, 0.2) is 11.5 Å². The molecule has 1 aliphatic rings. The standard InChI is InChI=1S/C30H27FN8O/c31-21-10-19(11-22(40)12-21)26-27-24(7-8-34-26)36-30(37-27)29-28-25(38-39-29)6-5-23(35-28)20-9-18(15-33-16-20)14-32-13-17-3-1-2-4-17/h5-12,15-17,32,40H,1-4,13-14H2,(H,36,37)(H,38,39). The van der Waals surface area contributed by atoms with Crippen molar-refractivity contribution < 1.29 is 9.50 Å². The van der Waals surface area contributed by atoms with Gasteiger partial charge in [0.1, 0.15) is 22.6 Å². The Morgan fingerprint density at radius 3 is 2.67 bits per heavy atom. The van der Waals surface area contributed by atoms with Crippen LogP contribution in [-0.4, -0.2) is 46.8 Å². The minimum atomic E-state index is -0.553. The molecule has 1 aromatic carbocycles. The second-order valence-electron chi connectivity index (χ2n) is 10.4. The zero-order valence-electron chi connectivity index (χ0n) is 21.7. The first-order valence-corrected chi connectivity index (χ1v) is 13.5. The summed E-state index contributed by atoms with van der Waals surface area (Å²) in [6.07, 6.45) is 10.7. The predicted octanol–water partition coefficient (Wildman–Crippen LogP) is 5.75. The van der Waals surface area contributed by atoms with Crippen molar-refractivity contribution in [1.29, 1.82) is 0 Å². The number of hydrogen-bond acceptors (Lipinski definition) is 7. The van der Waals surface area contributed by atoms with Crippen LogP contribution in [0.3, 0.4) is 0 Å². The Balaban J connectivity index is 1.21. The Morgan fingerprint density at radius 1 is 0.925 bits per heavy atom. The fourth-order valence-corrected chi connectivity index (χ4v) is 5.55. The Labute approximate surface area is 229 Å². The van der Waals surface area contributed by atoms with Crippen molar-refractivity contribution in [3.05, 3.63) is 72.4 Å². The van der Waals surface area contributed by atoms with Crippen LogP contribution < -0.4 is 5.32 Å². The third kappa shape index (κ3) is 4.66. The second-order valence-corrected chi connectivity index (χ2v) is 10.4. The van der Waals surface area contributed by atoms with Crippen molar-refractivity contribution in [3.63, 3.8) is 0 Å². The van der Waals surface area contributed by atoms with E-state index >= 15 is 0 Å². The summed E-state index contributed by atoms with van der Waals surface area (Å²) in [6.45, 7) is 1.82. The molecule has 5 heterocycles. The number of nitrogens with zero attached hydrogens (tertiary/aromatic N) is 5. The van der Waals surface area contributed by atoms with E-state index in [9.17, 15) is 9.50 Å². The molecule has 0 saturated heterocycles. The van der Waals surface area contributed by atoms with Crippen molar-refractivity contribution in [2.75, 3.05) is 6.54 Å². The van der Waals surface area contributed by atoms with Gasteiger partial charge in [-0.1, -0.05) is 12.8 Å². The molecule has 0 aliphatic heterocycles. The predicted molar refractivity (Wildman–Crippen MR) is 151 cm³/mol. The maximum atomic E-state index is 14.0. The van der Waals surface area contributed by atoms with E-state index in [-0.39, 0.29) is 5.75 Å². The Hall–Kier alpha value is -4.70. The summed E-state index contributed by atoms with van der Waals surface area (Å²) >= 11 is 0. The molecule has 0 spiro atoms. The van der Waals surface area contributed by atoms with E-state index < -0.39 is 5.82 Å². The molecule has 200 valence electrons. The van der Waals surface area contributed by atoms with Crippen LogP contribution in [0.15, 0.2) is 61.1 Å². The van der Waals surface area contributed by atoms with Gasteiger partial charge in [-0.3, -0.25) is 15.1 Å². The molecule has 1 saturated carbocycles. The van der Waals surface area contributed by atoms with Gasteiger partial charge in [-0.05, 0) is 67.3 Å². The molecule has 9 nitrogen and oxygen atoms in total. The highest BCUT2D eigenvalue weighted by molar-refractivity contribution is 5.95. The Morgan fingerprint density at radius 2 is 1.80 bits per heavy atom. The van der Waals surface area contributed by atoms with Crippen LogP contribution >= 0.6 is 0 Å². The zero-order valence-corrected chi connectivity index (χ0v) is 21.7. The average Bonchev–Trinajstić information content (AvgIpc) is 3.71. The van der Waals surface area contributed by atoms with Gasteiger partial charge in [-0.25, -0.2) is 14.4 Å². The Bertz CT molecular complexity index is 1820. The molecule has 0 atom stereocenters. The number of phenolic OH excluding ortho intramolecular Hbond substituents is 1. The fourth-order valence-electron chi connectivity index (χ4n) is 5.55. The van der Waals surface area contributed by atoms with Crippen LogP contribution in [0.2, 0.25) is 0 Å². The number of pyridine rings is 3. The summed E-state index contributed by atoms with van der Waals surface area (Å²) in [6, 6.07) is 11.6. The molecule has 1 fully saturated rings. The number of benzene rings is 1. The van der Waals surface area contributed by atoms with Crippen molar-refractivity contribution >= 4 is 22.1 Å². The number of hydrogen-bond donors (Lipinski definition) is 4. The van der Waals surface area contributed by atoms with Gasteiger partial charge >= 0.3 is 0 Å². The summed E-state index contributed by atoms with van der Waals surface area (Å²) in [5.74, 6) is 0.556. The third-order valence-corrected chi connectivity index (χ3v) is 7.52. The summed E-state index contributed by atoms with van der Waals surface area (Å²) < 4.78 is 14.0. The number of nitrogens with one attached hydrogen (secondary N) is 3. The average molecular weight is 535 g/mol. The van der Waals surface area contributed by atoms with E-state index in [0.29, 0.717) is 39.3 Å². The lowest BCUT2D eigenvalue weighted by atomic mass is 10.1. The van der Waals surface area contributed by atoms with Gasteiger partial charge in [0.2, 0.25) is 0 Å². The van der Waals surface area contributed by atoms with Crippen molar-refractivity contribution in [2.24, 2.45) is 5.92 Å². The van der Waals surface area contributed by atoms with Crippen LogP contribution in [0.25, 0.3) is 56.1 Å². The number of imidazole rings is 1. The van der Waals surface area contributed by atoms with E-state index in [4.69, 9.17) is 9.97 Å². The Kier molecular flexibility index (Phi) is 6.16. The smallest absolute Gasteiger partial charge is 0.161 e. The SMILES string of the molecule is Oc1cc(F)cc(-c2nccc3[nH]c(-c4n[nH]c5ccc(-c6cncc(CNCC7CCCC7)c6)nc45)nc23)c1. The molecule has 0 radical (unpaired) electrons. The van der Waals surface area contributed by atoms with Gasteiger partial charge < -0.3 is 15.4 Å². The minimum absolute atomic E-state index is 0.178. The molecule has 5 aromatic heterocycles. The molecule has 6 aromatic rings. The first kappa shape index (κ1) is 24.3. The molecule has 40 heavy (non-hydrogen) atoms. The zero-order chi connectivity index (χ0) is 27.1. The summed E-state index contributed by atoms with van der Waals surface area (Å²) in [7, 11) is 0.